The fourth-order valence-corrected chi connectivity index (χ4v) is 3.27. The maximum absolute atomic E-state index is 12.6. The summed E-state index contributed by atoms with van der Waals surface area (Å²) in [5.74, 6) is 0.0430. The molecule has 124 valence electrons. The standard InChI is InChI=1S/C20H20ClNO2/c21-18-9-7-15(8-10-18)19(23)16-11-13-22(14-12-16)20(24)17-5-3-1-2-4-6-17/h1-10,16-17H,11-14H2. The molecule has 3 nitrogen and oxygen atoms in total. The first-order chi connectivity index (χ1) is 11.6. The highest BCUT2D eigenvalue weighted by molar-refractivity contribution is 6.30. The van der Waals surface area contributed by atoms with Gasteiger partial charge in [-0.05, 0) is 37.1 Å². The van der Waals surface area contributed by atoms with Crippen LogP contribution in [0.1, 0.15) is 23.2 Å². The summed E-state index contributed by atoms with van der Waals surface area (Å²) in [7, 11) is 0. The van der Waals surface area contributed by atoms with Crippen LogP contribution in [0.5, 0.6) is 0 Å². The Labute approximate surface area is 147 Å². The monoisotopic (exact) mass is 341 g/mol. The predicted octanol–water partition coefficient (Wildman–Crippen LogP) is 4.06. The molecule has 0 saturated carbocycles. The molecule has 0 bridgehead atoms. The van der Waals surface area contributed by atoms with Gasteiger partial charge in [-0.15, -0.1) is 0 Å². The van der Waals surface area contributed by atoms with E-state index in [1.54, 1.807) is 24.3 Å². The molecular weight excluding hydrogens is 322 g/mol. The van der Waals surface area contributed by atoms with Gasteiger partial charge >= 0.3 is 0 Å². The van der Waals surface area contributed by atoms with Crippen molar-refractivity contribution in [2.45, 2.75) is 12.8 Å². The number of nitrogens with zero attached hydrogens (tertiary/aromatic N) is 1. The third-order valence-corrected chi connectivity index (χ3v) is 4.81. The zero-order valence-corrected chi connectivity index (χ0v) is 14.2. The van der Waals surface area contributed by atoms with E-state index in [-0.39, 0.29) is 23.5 Å². The molecule has 0 spiro atoms. The van der Waals surface area contributed by atoms with Crippen LogP contribution in [0, 0.1) is 11.8 Å². The van der Waals surface area contributed by atoms with Crippen LogP contribution in [0.25, 0.3) is 0 Å². The first-order valence-electron chi connectivity index (χ1n) is 8.25. The first kappa shape index (κ1) is 16.7. The maximum Gasteiger partial charge on any atom is 0.233 e. The van der Waals surface area contributed by atoms with Crippen molar-refractivity contribution >= 4 is 23.3 Å². The van der Waals surface area contributed by atoms with Crippen LogP contribution in [0.15, 0.2) is 60.7 Å². The van der Waals surface area contributed by atoms with Crippen molar-refractivity contribution in [2.75, 3.05) is 13.1 Å². The molecule has 0 aromatic heterocycles. The molecule has 1 aliphatic heterocycles. The van der Waals surface area contributed by atoms with Gasteiger partial charge in [-0.25, -0.2) is 0 Å². The smallest absolute Gasteiger partial charge is 0.233 e. The lowest BCUT2D eigenvalue weighted by Crippen LogP contribution is -2.42. The van der Waals surface area contributed by atoms with E-state index in [4.69, 9.17) is 11.6 Å². The zero-order valence-electron chi connectivity index (χ0n) is 13.4. The van der Waals surface area contributed by atoms with E-state index in [2.05, 4.69) is 0 Å². The number of amides is 1. The molecule has 0 atom stereocenters. The lowest BCUT2D eigenvalue weighted by atomic mass is 9.88. The quantitative estimate of drug-likeness (QED) is 0.777. The summed E-state index contributed by atoms with van der Waals surface area (Å²) in [5.41, 5.74) is 0.699. The molecule has 0 N–H and O–H groups in total. The molecule has 1 aliphatic carbocycles. The first-order valence-corrected chi connectivity index (χ1v) is 8.63. The molecule has 1 amide bonds. The van der Waals surface area contributed by atoms with E-state index in [1.807, 2.05) is 41.4 Å². The van der Waals surface area contributed by atoms with E-state index in [0.717, 1.165) is 0 Å². The van der Waals surface area contributed by atoms with Gasteiger partial charge in [0.1, 0.15) is 0 Å². The van der Waals surface area contributed by atoms with Crippen molar-refractivity contribution in [3.63, 3.8) is 0 Å². The summed E-state index contributed by atoms with van der Waals surface area (Å²) < 4.78 is 0. The summed E-state index contributed by atoms with van der Waals surface area (Å²) in [6.07, 6.45) is 12.9. The van der Waals surface area contributed by atoms with Crippen molar-refractivity contribution in [3.05, 3.63) is 71.3 Å². The molecule has 24 heavy (non-hydrogen) atoms. The Morgan fingerprint density at radius 2 is 1.50 bits per heavy atom. The molecule has 1 aromatic rings. The van der Waals surface area contributed by atoms with Gasteiger partial charge in [0.05, 0.1) is 5.92 Å². The number of allylic oxidation sites excluding steroid dienone is 4. The lowest BCUT2D eigenvalue weighted by molar-refractivity contribution is -0.133. The summed E-state index contributed by atoms with van der Waals surface area (Å²) in [4.78, 5) is 27.0. The van der Waals surface area contributed by atoms with Gasteiger partial charge in [-0.2, -0.15) is 0 Å². The van der Waals surface area contributed by atoms with Crippen LogP contribution < -0.4 is 0 Å². The Balaban J connectivity index is 1.58. The largest absolute Gasteiger partial charge is 0.342 e. The topological polar surface area (TPSA) is 37.4 Å². The number of Topliss-reactive ketones (excluding diaryl/α,β-unsaturated/α-hetero) is 1. The zero-order chi connectivity index (χ0) is 16.9. The average Bonchev–Trinajstić information content (AvgIpc) is 2.91. The number of likely N-dealkylation sites (tertiary alicyclic amines) is 1. The van der Waals surface area contributed by atoms with Crippen LogP contribution in [-0.4, -0.2) is 29.7 Å². The number of rotatable bonds is 3. The number of carbonyl (C=O) groups is 2. The highest BCUT2D eigenvalue weighted by Crippen LogP contribution is 2.24. The lowest BCUT2D eigenvalue weighted by Gasteiger charge is -2.32. The van der Waals surface area contributed by atoms with E-state index < -0.39 is 0 Å². The number of carbonyl (C=O) groups excluding carboxylic acids is 2. The van der Waals surface area contributed by atoms with E-state index in [1.165, 1.54) is 0 Å². The fourth-order valence-electron chi connectivity index (χ4n) is 3.15. The molecule has 4 heteroatoms. The minimum absolute atomic E-state index is 0.0166. The van der Waals surface area contributed by atoms with Crippen LogP contribution in [0.3, 0.4) is 0 Å². The SMILES string of the molecule is O=C(c1ccc(Cl)cc1)C1CCN(C(=O)C2C=CC=CC=C2)CC1. The van der Waals surface area contributed by atoms with Crippen molar-refractivity contribution in [3.8, 4) is 0 Å². The molecule has 1 fully saturated rings. The number of halogens is 1. The minimum atomic E-state index is -0.205. The van der Waals surface area contributed by atoms with Crippen LogP contribution in [-0.2, 0) is 4.79 Å². The fraction of sp³-hybridized carbons (Fsp3) is 0.300. The highest BCUT2D eigenvalue weighted by Gasteiger charge is 2.29. The summed E-state index contributed by atoms with van der Waals surface area (Å²) in [5, 5.41) is 0.631. The molecular formula is C20H20ClNO2. The number of hydrogen-bond donors (Lipinski definition) is 0. The van der Waals surface area contributed by atoms with Crippen molar-refractivity contribution in [2.24, 2.45) is 11.8 Å². The second-order valence-electron chi connectivity index (χ2n) is 6.15. The Hall–Kier alpha value is -2.13. The number of ketones is 1. The Morgan fingerprint density at radius 3 is 2.08 bits per heavy atom. The van der Waals surface area contributed by atoms with Gasteiger partial charge in [0.15, 0.2) is 5.78 Å². The molecule has 1 heterocycles. The van der Waals surface area contributed by atoms with E-state index in [9.17, 15) is 9.59 Å². The number of piperidine rings is 1. The normalized spacial score (nSPS) is 18.6. The number of hydrogen-bond acceptors (Lipinski definition) is 2. The maximum atomic E-state index is 12.6. The molecule has 1 aromatic carbocycles. The van der Waals surface area contributed by atoms with Gasteiger partial charge in [-0.1, -0.05) is 48.1 Å². The van der Waals surface area contributed by atoms with Gasteiger partial charge in [-0.3, -0.25) is 9.59 Å². The molecule has 2 aliphatic rings. The summed E-state index contributed by atoms with van der Waals surface area (Å²) in [6.45, 7) is 1.27. The minimum Gasteiger partial charge on any atom is -0.342 e. The third-order valence-electron chi connectivity index (χ3n) is 4.56. The van der Waals surface area contributed by atoms with Crippen LogP contribution in [0.2, 0.25) is 5.02 Å². The van der Waals surface area contributed by atoms with Crippen LogP contribution in [0.4, 0.5) is 0 Å². The van der Waals surface area contributed by atoms with E-state index in [0.29, 0.717) is 36.5 Å². The average molecular weight is 342 g/mol. The van der Waals surface area contributed by atoms with Gasteiger partial charge in [0.2, 0.25) is 5.91 Å². The van der Waals surface area contributed by atoms with Gasteiger partial charge in [0.25, 0.3) is 0 Å². The Bertz CT molecular complexity index is 679. The predicted molar refractivity (Wildman–Crippen MR) is 96.0 cm³/mol. The van der Waals surface area contributed by atoms with E-state index >= 15 is 0 Å². The van der Waals surface area contributed by atoms with Crippen LogP contribution >= 0.6 is 11.6 Å². The van der Waals surface area contributed by atoms with Gasteiger partial charge in [0, 0.05) is 29.6 Å². The van der Waals surface area contributed by atoms with Crippen molar-refractivity contribution in [1.29, 1.82) is 0 Å². The highest BCUT2D eigenvalue weighted by atomic mass is 35.5. The molecule has 1 saturated heterocycles. The second-order valence-corrected chi connectivity index (χ2v) is 6.59. The Kier molecular flexibility index (Phi) is 5.31. The molecule has 3 rings (SSSR count). The molecule has 0 radical (unpaired) electrons. The summed E-state index contributed by atoms with van der Waals surface area (Å²) >= 11 is 5.87. The van der Waals surface area contributed by atoms with Crippen molar-refractivity contribution in [1.82, 2.24) is 4.90 Å². The third kappa shape index (κ3) is 3.85. The number of benzene rings is 1. The van der Waals surface area contributed by atoms with Crippen molar-refractivity contribution < 1.29 is 9.59 Å². The summed E-state index contributed by atoms with van der Waals surface area (Å²) in [6, 6.07) is 7.03. The second kappa shape index (κ2) is 7.63. The van der Waals surface area contributed by atoms with Gasteiger partial charge < -0.3 is 4.90 Å². The molecule has 0 unspecified atom stereocenters. The Morgan fingerprint density at radius 1 is 0.917 bits per heavy atom.